The van der Waals surface area contributed by atoms with Crippen LogP contribution in [0, 0.1) is 13.8 Å². The van der Waals surface area contributed by atoms with Crippen molar-refractivity contribution < 1.29 is 4.42 Å². The van der Waals surface area contributed by atoms with E-state index in [9.17, 15) is 0 Å². The van der Waals surface area contributed by atoms with Gasteiger partial charge in [-0.25, -0.2) is 4.98 Å². The summed E-state index contributed by atoms with van der Waals surface area (Å²) in [5.41, 5.74) is 3.39. The van der Waals surface area contributed by atoms with Crippen molar-refractivity contribution in [1.29, 1.82) is 0 Å². The van der Waals surface area contributed by atoms with Crippen molar-refractivity contribution in [2.24, 2.45) is 0 Å². The minimum absolute atomic E-state index is 0.347. The molecule has 0 bridgehead atoms. The van der Waals surface area contributed by atoms with E-state index in [-0.39, 0.29) is 0 Å². The molecule has 0 N–H and O–H groups in total. The standard InChI is InChI=1S/C16H24N4O/c1-11(2)16-17-14(10-21-16)8-19-6-5-15(9-19)20-13(4)7-12(3)18-20/h7,10-11,15H,5-6,8-9H2,1-4H3/t15-/m0/s1. The Bertz CT molecular complexity index is 614. The van der Waals surface area contributed by atoms with Crippen LogP contribution in [0.1, 0.15) is 55.2 Å². The second-order valence-electron chi connectivity index (χ2n) is 6.38. The smallest absolute Gasteiger partial charge is 0.196 e. The van der Waals surface area contributed by atoms with Crippen molar-refractivity contribution in [3.8, 4) is 0 Å². The highest BCUT2D eigenvalue weighted by atomic mass is 16.3. The van der Waals surface area contributed by atoms with Crippen LogP contribution in [0.2, 0.25) is 0 Å². The summed E-state index contributed by atoms with van der Waals surface area (Å²) < 4.78 is 7.69. The first-order valence-corrected chi connectivity index (χ1v) is 7.72. The van der Waals surface area contributed by atoms with Gasteiger partial charge >= 0.3 is 0 Å². The van der Waals surface area contributed by atoms with E-state index in [0.717, 1.165) is 43.3 Å². The zero-order chi connectivity index (χ0) is 15.0. The molecule has 0 radical (unpaired) electrons. The summed E-state index contributed by atoms with van der Waals surface area (Å²) in [7, 11) is 0. The number of rotatable bonds is 4. The van der Waals surface area contributed by atoms with Crippen molar-refractivity contribution in [3.63, 3.8) is 0 Å². The van der Waals surface area contributed by atoms with Gasteiger partial charge in [-0.05, 0) is 26.3 Å². The normalized spacial score (nSPS) is 19.8. The Morgan fingerprint density at radius 1 is 1.38 bits per heavy atom. The molecule has 3 heterocycles. The van der Waals surface area contributed by atoms with Crippen LogP contribution in [0.5, 0.6) is 0 Å². The Balaban J connectivity index is 1.63. The largest absolute Gasteiger partial charge is 0.448 e. The third kappa shape index (κ3) is 3.02. The van der Waals surface area contributed by atoms with Crippen molar-refractivity contribution in [2.75, 3.05) is 13.1 Å². The molecule has 1 atom stereocenters. The van der Waals surface area contributed by atoms with E-state index < -0.39 is 0 Å². The molecule has 0 saturated carbocycles. The molecule has 0 spiro atoms. The lowest BCUT2D eigenvalue weighted by Gasteiger charge is -2.15. The Morgan fingerprint density at radius 2 is 2.19 bits per heavy atom. The Morgan fingerprint density at radius 3 is 2.81 bits per heavy atom. The van der Waals surface area contributed by atoms with E-state index in [4.69, 9.17) is 4.42 Å². The van der Waals surface area contributed by atoms with Gasteiger partial charge in [-0.15, -0.1) is 0 Å². The number of nitrogens with zero attached hydrogens (tertiary/aromatic N) is 4. The molecule has 0 unspecified atom stereocenters. The van der Waals surface area contributed by atoms with E-state index in [0.29, 0.717) is 12.0 Å². The quantitative estimate of drug-likeness (QED) is 0.867. The summed E-state index contributed by atoms with van der Waals surface area (Å²) >= 11 is 0. The van der Waals surface area contributed by atoms with Gasteiger partial charge in [0.1, 0.15) is 6.26 Å². The topological polar surface area (TPSA) is 47.1 Å². The predicted molar refractivity (Wildman–Crippen MR) is 81.2 cm³/mol. The van der Waals surface area contributed by atoms with E-state index in [2.05, 4.69) is 53.4 Å². The van der Waals surface area contributed by atoms with Crippen LogP contribution in [-0.4, -0.2) is 32.8 Å². The molecule has 1 aliphatic heterocycles. The molecule has 0 amide bonds. The summed E-state index contributed by atoms with van der Waals surface area (Å²) in [6.45, 7) is 11.4. The van der Waals surface area contributed by atoms with Crippen LogP contribution < -0.4 is 0 Å². The fourth-order valence-electron chi connectivity index (χ4n) is 3.06. The first-order chi connectivity index (χ1) is 10.0. The van der Waals surface area contributed by atoms with Gasteiger partial charge in [0.25, 0.3) is 0 Å². The van der Waals surface area contributed by atoms with Crippen LogP contribution in [0.4, 0.5) is 0 Å². The molecule has 5 heteroatoms. The van der Waals surface area contributed by atoms with Crippen LogP contribution in [0.25, 0.3) is 0 Å². The van der Waals surface area contributed by atoms with Crippen LogP contribution in [0.15, 0.2) is 16.7 Å². The fourth-order valence-corrected chi connectivity index (χ4v) is 3.06. The summed E-state index contributed by atoms with van der Waals surface area (Å²) in [4.78, 5) is 7.00. The summed E-state index contributed by atoms with van der Waals surface area (Å²) in [6.07, 6.45) is 2.95. The monoisotopic (exact) mass is 288 g/mol. The highest BCUT2D eigenvalue weighted by molar-refractivity contribution is 5.08. The molecule has 2 aromatic rings. The van der Waals surface area contributed by atoms with Crippen LogP contribution >= 0.6 is 0 Å². The van der Waals surface area contributed by atoms with Crippen LogP contribution in [-0.2, 0) is 6.54 Å². The third-order valence-electron chi connectivity index (χ3n) is 4.09. The maximum atomic E-state index is 5.51. The molecule has 1 saturated heterocycles. The second kappa shape index (κ2) is 5.64. The van der Waals surface area contributed by atoms with Gasteiger partial charge in [0.15, 0.2) is 5.89 Å². The summed E-state index contributed by atoms with van der Waals surface area (Å²) in [5, 5.41) is 4.62. The first-order valence-electron chi connectivity index (χ1n) is 7.72. The molecule has 2 aromatic heterocycles. The summed E-state index contributed by atoms with van der Waals surface area (Å²) in [5.74, 6) is 1.18. The SMILES string of the molecule is Cc1cc(C)n([C@H]2CCN(Cc3coc(C(C)C)n3)C2)n1. The minimum Gasteiger partial charge on any atom is -0.448 e. The van der Waals surface area contributed by atoms with Gasteiger partial charge < -0.3 is 4.42 Å². The first kappa shape index (κ1) is 14.3. The number of aryl methyl sites for hydroxylation is 2. The molecule has 114 valence electrons. The van der Waals surface area contributed by atoms with Gasteiger partial charge in [-0.2, -0.15) is 5.10 Å². The zero-order valence-corrected chi connectivity index (χ0v) is 13.3. The maximum absolute atomic E-state index is 5.51. The Hall–Kier alpha value is -1.62. The highest BCUT2D eigenvalue weighted by Crippen LogP contribution is 2.24. The predicted octanol–water partition coefficient (Wildman–Crippen LogP) is 3.06. The van der Waals surface area contributed by atoms with Gasteiger partial charge in [0.05, 0.1) is 17.4 Å². The average molecular weight is 288 g/mol. The third-order valence-corrected chi connectivity index (χ3v) is 4.09. The van der Waals surface area contributed by atoms with E-state index in [1.807, 2.05) is 0 Å². The van der Waals surface area contributed by atoms with E-state index in [1.54, 1.807) is 6.26 Å². The van der Waals surface area contributed by atoms with Crippen LogP contribution in [0.3, 0.4) is 0 Å². The second-order valence-corrected chi connectivity index (χ2v) is 6.38. The lowest BCUT2D eigenvalue weighted by molar-refractivity contribution is 0.306. The lowest BCUT2D eigenvalue weighted by atomic mass is 10.2. The molecule has 3 rings (SSSR count). The Labute approximate surface area is 126 Å². The highest BCUT2D eigenvalue weighted by Gasteiger charge is 2.26. The van der Waals surface area contributed by atoms with Gasteiger partial charge in [-0.3, -0.25) is 9.58 Å². The van der Waals surface area contributed by atoms with Crippen molar-refractivity contribution in [1.82, 2.24) is 19.7 Å². The molecule has 0 aliphatic carbocycles. The molecule has 21 heavy (non-hydrogen) atoms. The molecule has 5 nitrogen and oxygen atoms in total. The van der Waals surface area contributed by atoms with E-state index >= 15 is 0 Å². The number of likely N-dealkylation sites (tertiary alicyclic amines) is 1. The number of hydrogen-bond acceptors (Lipinski definition) is 4. The fraction of sp³-hybridized carbons (Fsp3) is 0.625. The summed E-state index contributed by atoms with van der Waals surface area (Å²) in [6, 6.07) is 2.63. The molecular formula is C16H24N4O. The molecule has 1 aliphatic rings. The van der Waals surface area contributed by atoms with Gasteiger partial charge in [0, 0.05) is 31.2 Å². The lowest BCUT2D eigenvalue weighted by Crippen LogP contribution is -2.22. The average Bonchev–Trinajstić information content (AvgIpc) is 3.10. The minimum atomic E-state index is 0.347. The number of aromatic nitrogens is 3. The van der Waals surface area contributed by atoms with Gasteiger partial charge in [0.2, 0.25) is 0 Å². The zero-order valence-electron chi connectivity index (χ0n) is 13.3. The molecule has 1 fully saturated rings. The van der Waals surface area contributed by atoms with E-state index in [1.165, 1.54) is 5.69 Å². The number of hydrogen-bond donors (Lipinski definition) is 0. The van der Waals surface area contributed by atoms with Crippen molar-refractivity contribution in [2.45, 2.75) is 52.6 Å². The van der Waals surface area contributed by atoms with Gasteiger partial charge in [-0.1, -0.05) is 13.8 Å². The van der Waals surface area contributed by atoms with Crippen molar-refractivity contribution >= 4 is 0 Å². The van der Waals surface area contributed by atoms with Crippen molar-refractivity contribution in [3.05, 3.63) is 35.3 Å². The molecule has 0 aromatic carbocycles. The Kier molecular flexibility index (Phi) is 3.85. The molecular weight excluding hydrogens is 264 g/mol. The number of oxazole rings is 1. The maximum Gasteiger partial charge on any atom is 0.196 e.